The molecule has 1 aromatic carbocycles. The van der Waals surface area contributed by atoms with Crippen molar-refractivity contribution in [1.82, 2.24) is 15.2 Å². The highest BCUT2D eigenvalue weighted by molar-refractivity contribution is 7.18. The van der Waals surface area contributed by atoms with Crippen LogP contribution in [0.1, 0.15) is 5.01 Å². The maximum Gasteiger partial charge on any atom is 0.206 e. The fraction of sp³-hybridized carbons (Fsp3) is 0.0833. The predicted molar refractivity (Wildman–Crippen MR) is 79.8 cm³/mol. The first-order valence-corrected chi connectivity index (χ1v) is 7.61. The summed E-state index contributed by atoms with van der Waals surface area (Å²) in [5, 5.41) is 16.7. The van der Waals surface area contributed by atoms with Crippen molar-refractivity contribution in [2.24, 2.45) is 0 Å². The first-order valence-electron chi connectivity index (χ1n) is 5.53. The van der Waals surface area contributed by atoms with Crippen LogP contribution >= 0.6 is 34.3 Å². The van der Waals surface area contributed by atoms with E-state index in [1.54, 1.807) is 17.5 Å². The first-order chi connectivity index (χ1) is 9.33. The Labute approximate surface area is 123 Å². The van der Waals surface area contributed by atoms with Crippen molar-refractivity contribution in [2.75, 3.05) is 5.32 Å². The molecule has 0 saturated heterocycles. The molecule has 2 heterocycles. The molecule has 3 rings (SSSR count). The fourth-order valence-corrected chi connectivity index (χ4v) is 3.15. The van der Waals surface area contributed by atoms with Gasteiger partial charge in [-0.05, 0) is 6.07 Å². The molecule has 7 heteroatoms. The molecule has 0 spiro atoms. The highest BCUT2D eigenvalue weighted by atomic mass is 35.5. The van der Waals surface area contributed by atoms with Crippen LogP contribution in [-0.4, -0.2) is 15.2 Å². The van der Waals surface area contributed by atoms with Crippen molar-refractivity contribution in [3.8, 4) is 10.6 Å². The van der Waals surface area contributed by atoms with Crippen LogP contribution in [0.2, 0.25) is 5.02 Å². The van der Waals surface area contributed by atoms with Gasteiger partial charge in [0, 0.05) is 17.1 Å². The Hall–Kier alpha value is -1.50. The number of hydrogen-bond acceptors (Lipinski definition) is 6. The minimum Gasteiger partial charge on any atom is -0.354 e. The lowest BCUT2D eigenvalue weighted by Crippen LogP contribution is -1.97. The lowest BCUT2D eigenvalue weighted by atomic mass is 10.2. The van der Waals surface area contributed by atoms with Gasteiger partial charge in [-0.3, -0.25) is 0 Å². The molecular weight excluding hydrogens is 300 g/mol. The van der Waals surface area contributed by atoms with E-state index in [1.807, 2.05) is 29.6 Å². The maximum atomic E-state index is 6.14. The predicted octanol–water partition coefficient (Wildman–Crippen LogP) is 3.93. The first kappa shape index (κ1) is 12.5. The van der Waals surface area contributed by atoms with Crippen LogP contribution in [0.5, 0.6) is 0 Å². The Morgan fingerprint density at radius 2 is 2.11 bits per heavy atom. The molecule has 0 fully saturated rings. The third-order valence-electron chi connectivity index (χ3n) is 2.40. The Balaban J connectivity index is 1.75. The molecule has 0 saturated carbocycles. The van der Waals surface area contributed by atoms with E-state index >= 15 is 0 Å². The largest absolute Gasteiger partial charge is 0.354 e. The normalized spacial score (nSPS) is 10.6. The second-order valence-corrected chi connectivity index (χ2v) is 6.04. The van der Waals surface area contributed by atoms with Crippen LogP contribution < -0.4 is 5.32 Å². The molecule has 4 nitrogen and oxygen atoms in total. The Morgan fingerprint density at radius 3 is 2.89 bits per heavy atom. The van der Waals surface area contributed by atoms with Crippen molar-refractivity contribution in [3.63, 3.8) is 0 Å². The summed E-state index contributed by atoms with van der Waals surface area (Å²) in [5.41, 5.74) is 0.906. The zero-order valence-electron chi connectivity index (χ0n) is 9.71. The zero-order valence-corrected chi connectivity index (χ0v) is 12.1. The van der Waals surface area contributed by atoms with Crippen molar-refractivity contribution < 1.29 is 0 Å². The van der Waals surface area contributed by atoms with Gasteiger partial charge < -0.3 is 5.32 Å². The second-order valence-electron chi connectivity index (χ2n) is 3.67. The Kier molecular flexibility index (Phi) is 3.72. The highest BCUT2D eigenvalue weighted by Crippen LogP contribution is 2.31. The van der Waals surface area contributed by atoms with E-state index in [9.17, 15) is 0 Å². The van der Waals surface area contributed by atoms with E-state index in [0.717, 1.165) is 20.7 Å². The van der Waals surface area contributed by atoms with E-state index in [0.29, 0.717) is 11.6 Å². The third kappa shape index (κ3) is 2.91. The molecule has 96 valence electrons. The van der Waals surface area contributed by atoms with E-state index in [4.69, 9.17) is 11.6 Å². The molecule has 0 atom stereocenters. The summed E-state index contributed by atoms with van der Waals surface area (Å²) in [6, 6.07) is 7.62. The number of benzene rings is 1. The highest BCUT2D eigenvalue weighted by Gasteiger charge is 2.09. The SMILES string of the molecule is Clc1ccccc1-c1nnc(NCc2nccs2)s1. The van der Waals surface area contributed by atoms with Gasteiger partial charge in [-0.2, -0.15) is 0 Å². The van der Waals surface area contributed by atoms with Crippen molar-refractivity contribution in [1.29, 1.82) is 0 Å². The molecule has 19 heavy (non-hydrogen) atoms. The Bertz CT molecular complexity index is 666. The van der Waals surface area contributed by atoms with Gasteiger partial charge in [0.25, 0.3) is 0 Å². The molecular formula is C12H9ClN4S2. The third-order valence-corrected chi connectivity index (χ3v) is 4.43. The number of halogens is 1. The van der Waals surface area contributed by atoms with Crippen molar-refractivity contribution in [2.45, 2.75) is 6.54 Å². The van der Waals surface area contributed by atoms with E-state index in [-0.39, 0.29) is 0 Å². The quantitative estimate of drug-likeness (QED) is 0.793. The number of hydrogen-bond donors (Lipinski definition) is 1. The molecule has 2 aromatic heterocycles. The van der Waals surface area contributed by atoms with Gasteiger partial charge in [0.1, 0.15) is 5.01 Å². The van der Waals surface area contributed by atoms with Crippen molar-refractivity contribution >= 4 is 39.4 Å². The summed E-state index contributed by atoms with van der Waals surface area (Å²) >= 11 is 9.23. The summed E-state index contributed by atoms with van der Waals surface area (Å²) in [6.45, 7) is 0.662. The number of nitrogens with zero attached hydrogens (tertiary/aromatic N) is 3. The van der Waals surface area contributed by atoms with E-state index < -0.39 is 0 Å². The molecule has 0 aliphatic rings. The van der Waals surface area contributed by atoms with Crippen LogP contribution in [0.25, 0.3) is 10.6 Å². The lowest BCUT2D eigenvalue weighted by molar-refractivity contribution is 1.04. The zero-order chi connectivity index (χ0) is 13.1. The van der Waals surface area contributed by atoms with Gasteiger partial charge >= 0.3 is 0 Å². The molecule has 3 aromatic rings. The topological polar surface area (TPSA) is 50.7 Å². The fourth-order valence-electron chi connectivity index (χ4n) is 1.53. The molecule has 0 aliphatic heterocycles. The van der Waals surface area contributed by atoms with Gasteiger partial charge in [0.2, 0.25) is 5.13 Å². The summed E-state index contributed by atoms with van der Waals surface area (Å²) < 4.78 is 0. The van der Waals surface area contributed by atoms with Gasteiger partial charge in [-0.25, -0.2) is 4.98 Å². The number of aromatic nitrogens is 3. The Morgan fingerprint density at radius 1 is 1.21 bits per heavy atom. The second kappa shape index (κ2) is 5.64. The molecule has 1 N–H and O–H groups in total. The lowest BCUT2D eigenvalue weighted by Gasteiger charge is -1.98. The monoisotopic (exact) mass is 308 g/mol. The summed E-state index contributed by atoms with van der Waals surface area (Å²) in [7, 11) is 0. The smallest absolute Gasteiger partial charge is 0.206 e. The number of anilines is 1. The average molecular weight is 309 g/mol. The minimum atomic E-state index is 0.662. The van der Waals surface area contributed by atoms with Gasteiger partial charge in [0.05, 0.1) is 11.6 Å². The van der Waals surface area contributed by atoms with Crippen LogP contribution in [0.15, 0.2) is 35.8 Å². The van der Waals surface area contributed by atoms with E-state index in [2.05, 4.69) is 20.5 Å². The van der Waals surface area contributed by atoms with Crippen LogP contribution in [0.3, 0.4) is 0 Å². The van der Waals surface area contributed by atoms with Gasteiger partial charge in [-0.1, -0.05) is 41.1 Å². The summed E-state index contributed by atoms with van der Waals surface area (Å²) in [5.74, 6) is 0. The standard InChI is InChI=1S/C12H9ClN4S2/c13-9-4-2-1-3-8(9)11-16-17-12(19-11)15-7-10-14-5-6-18-10/h1-6H,7H2,(H,15,17). The molecule has 0 bridgehead atoms. The van der Waals surface area contributed by atoms with Crippen molar-refractivity contribution in [3.05, 3.63) is 45.9 Å². The van der Waals surface area contributed by atoms with Crippen LogP contribution in [-0.2, 0) is 6.54 Å². The van der Waals surface area contributed by atoms with E-state index in [1.165, 1.54) is 11.3 Å². The van der Waals surface area contributed by atoms with Gasteiger partial charge in [0.15, 0.2) is 5.01 Å². The summed E-state index contributed by atoms with van der Waals surface area (Å²) in [4.78, 5) is 4.20. The summed E-state index contributed by atoms with van der Waals surface area (Å²) in [6.07, 6.45) is 1.79. The van der Waals surface area contributed by atoms with Gasteiger partial charge in [-0.15, -0.1) is 21.5 Å². The maximum absolute atomic E-state index is 6.14. The molecule has 0 aliphatic carbocycles. The van der Waals surface area contributed by atoms with Crippen LogP contribution in [0.4, 0.5) is 5.13 Å². The number of nitrogens with one attached hydrogen (secondary N) is 1. The molecule has 0 amide bonds. The number of thiazole rings is 1. The minimum absolute atomic E-state index is 0.662. The molecule has 0 unspecified atom stereocenters. The average Bonchev–Trinajstić information content (AvgIpc) is 3.08. The number of rotatable bonds is 4. The molecule has 0 radical (unpaired) electrons. The van der Waals surface area contributed by atoms with Crippen LogP contribution in [0, 0.1) is 0 Å².